The molecule has 0 spiro atoms. The topological polar surface area (TPSA) is 81.5 Å². The standard InChI is InChI=1S/C28H31FN2O6/c1-3-35-22-8-6-18(16-23(22)36-4-2)25-24-26(32)20-17-19(29)7-9-21(20)37-27(24)28(33)31(25)11-5-10-30-12-14-34-15-13-30/h6-9,16-17,25H,3-5,10-15H2,1-2H3. The summed E-state index contributed by atoms with van der Waals surface area (Å²) >= 11 is 0. The molecule has 1 fully saturated rings. The number of rotatable bonds is 9. The predicted molar refractivity (Wildman–Crippen MR) is 136 cm³/mol. The number of amides is 1. The Balaban J connectivity index is 1.57. The zero-order valence-corrected chi connectivity index (χ0v) is 21.1. The Kier molecular flexibility index (Phi) is 7.43. The van der Waals surface area contributed by atoms with E-state index in [0.29, 0.717) is 56.5 Å². The second-order valence-corrected chi connectivity index (χ2v) is 9.10. The summed E-state index contributed by atoms with van der Waals surface area (Å²) in [7, 11) is 0. The van der Waals surface area contributed by atoms with Crippen molar-refractivity contribution in [2.24, 2.45) is 0 Å². The summed E-state index contributed by atoms with van der Waals surface area (Å²) in [6, 6.07) is 8.52. The van der Waals surface area contributed by atoms with E-state index in [1.165, 1.54) is 12.1 Å². The third-order valence-electron chi connectivity index (χ3n) is 6.79. The van der Waals surface area contributed by atoms with Crippen LogP contribution < -0.4 is 14.9 Å². The summed E-state index contributed by atoms with van der Waals surface area (Å²) in [5, 5.41) is 0.114. The molecule has 0 bridgehead atoms. The molecule has 37 heavy (non-hydrogen) atoms. The van der Waals surface area contributed by atoms with Crippen molar-refractivity contribution in [3.63, 3.8) is 0 Å². The highest BCUT2D eigenvalue weighted by molar-refractivity contribution is 5.99. The number of carbonyl (C=O) groups excluding carboxylic acids is 1. The minimum atomic E-state index is -0.689. The SMILES string of the molecule is CCOc1ccc(C2c3c(oc4ccc(F)cc4c3=O)C(=O)N2CCCN2CCOCC2)cc1OCC. The molecule has 1 atom stereocenters. The lowest BCUT2D eigenvalue weighted by Gasteiger charge is -2.29. The average molecular weight is 511 g/mol. The number of fused-ring (bicyclic) bond motifs is 2. The van der Waals surface area contributed by atoms with E-state index < -0.39 is 17.3 Å². The molecule has 3 aromatic rings. The van der Waals surface area contributed by atoms with Gasteiger partial charge in [0.25, 0.3) is 5.91 Å². The van der Waals surface area contributed by atoms with Crippen molar-refractivity contribution < 1.29 is 27.8 Å². The van der Waals surface area contributed by atoms with Crippen molar-refractivity contribution in [3.8, 4) is 11.5 Å². The summed E-state index contributed by atoms with van der Waals surface area (Å²) < 4.78 is 36.9. The minimum absolute atomic E-state index is 0.00678. The normalized spacial score (nSPS) is 17.9. The van der Waals surface area contributed by atoms with Gasteiger partial charge in [-0.2, -0.15) is 0 Å². The van der Waals surface area contributed by atoms with Crippen LogP contribution in [0.4, 0.5) is 4.39 Å². The Morgan fingerprint density at radius 2 is 1.73 bits per heavy atom. The molecule has 196 valence electrons. The van der Waals surface area contributed by atoms with E-state index in [9.17, 15) is 14.0 Å². The van der Waals surface area contributed by atoms with E-state index >= 15 is 0 Å². The maximum absolute atomic E-state index is 14.0. The third kappa shape index (κ3) is 4.93. The van der Waals surface area contributed by atoms with Crippen LogP contribution in [0.1, 0.15) is 48.0 Å². The third-order valence-corrected chi connectivity index (χ3v) is 6.79. The van der Waals surface area contributed by atoms with Gasteiger partial charge >= 0.3 is 0 Å². The number of carbonyl (C=O) groups is 1. The van der Waals surface area contributed by atoms with E-state index in [1.54, 1.807) is 11.0 Å². The minimum Gasteiger partial charge on any atom is -0.490 e. The maximum atomic E-state index is 14.0. The zero-order chi connectivity index (χ0) is 25.9. The van der Waals surface area contributed by atoms with Crippen LogP contribution in [-0.4, -0.2) is 68.3 Å². The molecule has 0 radical (unpaired) electrons. The molecule has 5 rings (SSSR count). The number of benzene rings is 2. The van der Waals surface area contributed by atoms with Gasteiger partial charge in [-0.1, -0.05) is 6.07 Å². The molecule has 1 amide bonds. The second-order valence-electron chi connectivity index (χ2n) is 9.10. The molecule has 1 aromatic heterocycles. The molecule has 0 aliphatic carbocycles. The second kappa shape index (κ2) is 10.9. The smallest absolute Gasteiger partial charge is 0.290 e. The molecule has 2 aliphatic rings. The van der Waals surface area contributed by atoms with Crippen molar-refractivity contribution in [3.05, 3.63) is 69.3 Å². The molecular formula is C28H31FN2O6. The van der Waals surface area contributed by atoms with E-state index in [1.807, 2.05) is 26.0 Å². The Bertz CT molecular complexity index is 1350. The van der Waals surface area contributed by atoms with Crippen molar-refractivity contribution in [2.75, 3.05) is 52.6 Å². The lowest BCUT2D eigenvalue weighted by molar-refractivity contribution is 0.0353. The molecule has 8 nitrogen and oxygen atoms in total. The molecular weight excluding hydrogens is 479 g/mol. The van der Waals surface area contributed by atoms with Crippen LogP contribution in [0.2, 0.25) is 0 Å². The first-order chi connectivity index (χ1) is 18.0. The quantitative estimate of drug-likeness (QED) is 0.431. The van der Waals surface area contributed by atoms with Crippen molar-refractivity contribution in [1.82, 2.24) is 9.80 Å². The van der Waals surface area contributed by atoms with Crippen LogP contribution in [0.3, 0.4) is 0 Å². The monoisotopic (exact) mass is 510 g/mol. The maximum Gasteiger partial charge on any atom is 0.290 e. The summed E-state index contributed by atoms with van der Waals surface area (Å²) in [6.07, 6.45) is 0.716. The van der Waals surface area contributed by atoms with Gasteiger partial charge in [-0.15, -0.1) is 0 Å². The molecule has 1 unspecified atom stereocenters. The number of morpholine rings is 1. The largest absolute Gasteiger partial charge is 0.490 e. The fraction of sp³-hybridized carbons (Fsp3) is 0.429. The number of hydrogen-bond acceptors (Lipinski definition) is 7. The van der Waals surface area contributed by atoms with Gasteiger partial charge < -0.3 is 23.5 Å². The summed E-state index contributed by atoms with van der Waals surface area (Å²) in [6.45, 7) is 9.00. The molecule has 0 saturated carbocycles. The Hall–Kier alpha value is -3.43. The average Bonchev–Trinajstić information content (AvgIpc) is 3.18. The van der Waals surface area contributed by atoms with E-state index in [0.717, 1.165) is 25.7 Å². The Morgan fingerprint density at radius 1 is 0.973 bits per heavy atom. The predicted octanol–water partition coefficient (Wildman–Crippen LogP) is 4.00. The van der Waals surface area contributed by atoms with Gasteiger partial charge in [0.15, 0.2) is 16.9 Å². The number of nitrogens with zero attached hydrogens (tertiary/aromatic N) is 2. The van der Waals surface area contributed by atoms with E-state index in [4.69, 9.17) is 18.6 Å². The highest BCUT2D eigenvalue weighted by atomic mass is 19.1. The van der Waals surface area contributed by atoms with Gasteiger partial charge in [-0.3, -0.25) is 14.5 Å². The Labute approximate surface area is 214 Å². The van der Waals surface area contributed by atoms with Crippen molar-refractivity contribution >= 4 is 16.9 Å². The van der Waals surface area contributed by atoms with Crippen LogP contribution in [0.5, 0.6) is 11.5 Å². The van der Waals surface area contributed by atoms with Crippen molar-refractivity contribution in [2.45, 2.75) is 26.3 Å². The van der Waals surface area contributed by atoms with Gasteiger partial charge in [0.2, 0.25) is 5.76 Å². The first kappa shape index (κ1) is 25.2. The summed E-state index contributed by atoms with van der Waals surface area (Å²) in [4.78, 5) is 31.3. The summed E-state index contributed by atoms with van der Waals surface area (Å²) in [5.41, 5.74) is 0.709. The molecule has 0 N–H and O–H groups in total. The van der Waals surface area contributed by atoms with Crippen LogP contribution >= 0.6 is 0 Å². The van der Waals surface area contributed by atoms with Crippen LogP contribution in [-0.2, 0) is 4.74 Å². The van der Waals surface area contributed by atoms with Gasteiger partial charge in [0.05, 0.1) is 43.4 Å². The van der Waals surface area contributed by atoms with E-state index in [2.05, 4.69) is 4.90 Å². The zero-order valence-electron chi connectivity index (χ0n) is 21.1. The lowest BCUT2D eigenvalue weighted by atomic mass is 9.98. The van der Waals surface area contributed by atoms with Gasteiger partial charge in [-0.25, -0.2) is 4.39 Å². The highest BCUT2D eigenvalue weighted by Gasteiger charge is 2.42. The first-order valence-electron chi connectivity index (χ1n) is 12.8. The molecule has 2 aromatic carbocycles. The van der Waals surface area contributed by atoms with Gasteiger partial charge in [0, 0.05) is 26.2 Å². The van der Waals surface area contributed by atoms with Crippen LogP contribution in [0, 0.1) is 5.82 Å². The van der Waals surface area contributed by atoms with Crippen molar-refractivity contribution in [1.29, 1.82) is 0 Å². The number of halogens is 1. The fourth-order valence-corrected chi connectivity index (χ4v) is 5.10. The first-order valence-corrected chi connectivity index (χ1v) is 12.8. The number of hydrogen-bond donors (Lipinski definition) is 0. The number of ether oxygens (including phenoxy) is 3. The van der Waals surface area contributed by atoms with Gasteiger partial charge in [-0.05, 0) is 56.2 Å². The van der Waals surface area contributed by atoms with E-state index in [-0.39, 0.29) is 28.2 Å². The molecule has 3 heterocycles. The molecule has 2 aliphatic heterocycles. The summed E-state index contributed by atoms with van der Waals surface area (Å²) in [5.74, 6) is 0.239. The Morgan fingerprint density at radius 3 is 2.49 bits per heavy atom. The molecule has 1 saturated heterocycles. The van der Waals surface area contributed by atoms with Crippen LogP contribution in [0.25, 0.3) is 11.0 Å². The molecule has 9 heteroatoms. The van der Waals surface area contributed by atoms with Crippen LogP contribution in [0.15, 0.2) is 45.6 Å². The van der Waals surface area contributed by atoms with Gasteiger partial charge in [0.1, 0.15) is 11.4 Å². The highest BCUT2D eigenvalue weighted by Crippen LogP contribution is 2.41. The fourth-order valence-electron chi connectivity index (χ4n) is 5.10. The lowest BCUT2D eigenvalue weighted by Crippen LogP contribution is -2.38.